The van der Waals surface area contributed by atoms with E-state index in [-0.39, 0.29) is 66.4 Å². The average Bonchev–Trinajstić information content (AvgIpc) is 1.25. The van der Waals surface area contributed by atoms with Crippen molar-refractivity contribution >= 4 is 120 Å². The summed E-state index contributed by atoms with van der Waals surface area (Å²) in [6.07, 6.45) is 3.82. The van der Waals surface area contributed by atoms with Gasteiger partial charge in [0.25, 0.3) is 0 Å². The van der Waals surface area contributed by atoms with Crippen molar-refractivity contribution in [1.82, 2.24) is 9.97 Å². The molecule has 2 aromatic heterocycles. The number of aromatic nitrogens is 2. The monoisotopic (exact) mass is 1820 g/mol. The molecule has 0 radical (unpaired) electrons. The van der Waals surface area contributed by atoms with Gasteiger partial charge in [0.2, 0.25) is 13.4 Å². The molecule has 0 atom stereocenters. The van der Waals surface area contributed by atoms with E-state index in [1.54, 1.807) is 0 Å². The van der Waals surface area contributed by atoms with Crippen LogP contribution in [0.3, 0.4) is 0 Å². The molecule has 6 aliphatic heterocycles. The van der Waals surface area contributed by atoms with Gasteiger partial charge in [-0.05, 0) is 147 Å². The molecule has 0 N–H and O–H groups in total. The summed E-state index contributed by atoms with van der Waals surface area (Å²) in [7, 11) is 2.09. The minimum Gasteiger partial charge on any atom is -0.504 e. The van der Waals surface area contributed by atoms with Gasteiger partial charge in [0.1, 0.15) is 11.5 Å². The number of rotatable bonds is 9. The molecule has 0 aliphatic carbocycles. The van der Waals surface area contributed by atoms with Gasteiger partial charge in [-0.3, -0.25) is 0 Å². The fourth-order valence-corrected chi connectivity index (χ4v) is 16.8. The van der Waals surface area contributed by atoms with E-state index < -0.39 is 0 Å². The maximum absolute atomic E-state index is 6.81. The van der Waals surface area contributed by atoms with E-state index in [0.717, 1.165) is 174 Å². The van der Waals surface area contributed by atoms with Crippen LogP contribution in [-0.4, -0.2) is 30.4 Å². The quantitative estimate of drug-likeness (QED) is 0.103. The van der Waals surface area contributed by atoms with Crippen molar-refractivity contribution < 1.29 is 51.6 Å². The number of para-hydroxylation sites is 7. The van der Waals surface area contributed by atoms with E-state index in [0.29, 0.717) is 0 Å². The van der Waals surface area contributed by atoms with E-state index in [2.05, 4.69) is 413 Å². The molecule has 0 amide bonds. The number of benzene rings is 13. The summed E-state index contributed by atoms with van der Waals surface area (Å²) in [6.45, 7) is 17.4. The fourth-order valence-electron chi connectivity index (χ4n) is 16.8. The summed E-state index contributed by atoms with van der Waals surface area (Å²) in [6, 6.07) is 121. The van der Waals surface area contributed by atoms with Crippen molar-refractivity contribution in [1.29, 1.82) is 0 Å². The molecule has 0 spiro atoms. The van der Waals surface area contributed by atoms with Crippen LogP contribution in [0.1, 0.15) is 52.7 Å². The largest absolute Gasteiger partial charge is 0.504 e. The van der Waals surface area contributed by atoms with Gasteiger partial charge in [-0.2, -0.15) is 29.7 Å². The average molecular weight is 1820 g/mol. The zero-order valence-corrected chi connectivity index (χ0v) is 67.8. The van der Waals surface area contributed by atoms with Crippen LogP contribution in [0.5, 0.6) is 23.0 Å². The predicted molar refractivity (Wildman–Crippen MR) is 457 cm³/mol. The van der Waals surface area contributed by atoms with Crippen LogP contribution in [0, 0.1) is 37.6 Å². The van der Waals surface area contributed by atoms with Crippen LogP contribution in [0.15, 0.2) is 310 Å². The van der Waals surface area contributed by atoms with Crippen LogP contribution < -0.4 is 71.7 Å². The van der Waals surface area contributed by atoms with Crippen LogP contribution in [0.2, 0.25) is 0 Å². The summed E-state index contributed by atoms with van der Waals surface area (Å²) in [5.41, 5.74) is 31.1. The Morgan fingerprint density at radius 3 is 1.18 bits per heavy atom. The molecular formula is C99H74B2N8O2Pt2-6. The van der Waals surface area contributed by atoms with Crippen molar-refractivity contribution in [3.63, 3.8) is 0 Å². The molecule has 8 heterocycles. The molecule has 0 fully saturated rings. The number of ether oxygens (including phenoxy) is 2. The smallest absolute Gasteiger partial charge is 0.210 e. The maximum atomic E-state index is 6.81. The van der Waals surface area contributed by atoms with Gasteiger partial charge in [0, 0.05) is 128 Å². The molecule has 13 aromatic carbocycles. The van der Waals surface area contributed by atoms with Gasteiger partial charge in [-0.1, -0.05) is 217 Å². The third-order valence-electron chi connectivity index (χ3n) is 22.2. The first-order valence-electron chi connectivity index (χ1n) is 38.0. The predicted octanol–water partition coefficient (Wildman–Crippen LogP) is 20.5. The summed E-state index contributed by atoms with van der Waals surface area (Å²) in [4.78, 5) is 23.4. The molecule has 0 saturated carbocycles. The second-order valence-electron chi connectivity index (χ2n) is 31.1. The Balaban J connectivity index is 0.000000162. The van der Waals surface area contributed by atoms with Gasteiger partial charge < -0.3 is 48.8 Å². The van der Waals surface area contributed by atoms with Crippen LogP contribution in [0.25, 0.3) is 44.8 Å². The van der Waals surface area contributed by atoms with E-state index in [1.807, 2.05) is 12.4 Å². The number of pyridine rings is 2. The van der Waals surface area contributed by atoms with Crippen molar-refractivity contribution in [2.75, 3.05) is 36.4 Å². The van der Waals surface area contributed by atoms with Crippen LogP contribution >= 0.6 is 0 Å². The summed E-state index contributed by atoms with van der Waals surface area (Å²) >= 11 is 0. The molecule has 0 unspecified atom stereocenters. The number of anilines is 13. The number of hydrogen-bond acceptors (Lipinski definition) is 10. The molecule has 0 bridgehead atoms. The van der Waals surface area contributed by atoms with Gasteiger partial charge in [-0.15, -0.1) is 101 Å². The molecule has 10 nitrogen and oxygen atoms in total. The SMILES string of the molecule is CC(C)(C)c1ccnc(-c2[c-]c3c(cc2)Oc2cccc4c2B3c2[c-]c(N3[CH-]N(c5c(-c6ccccc6)cccc5-c5ccccc5)c5ccccc53)ccc2N4c2ccccc2)c1.CN1[CH-]N(c2[c-]c3c(cc2)N(c2ccccc2)c2cccc4c2B3c2[c-]c(-c3cc(C(C)(C)C)ccn3)ccc2O4)c2ccccc21.[Pt].[Pt]. The number of hydrogen-bond donors (Lipinski definition) is 0. The Morgan fingerprint density at radius 1 is 0.336 bits per heavy atom. The van der Waals surface area contributed by atoms with E-state index in [4.69, 9.17) is 19.4 Å². The molecule has 15 aromatic rings. The Labute approximate surface area is 691 Å². The first kappa shape index (κ1) is 72.6. The zero-order chi connectivity index (χ0) is 74.8. The molecule has 21 rings (SSSR count). The number of nitrogens with zero attached hydrogens (tertiary/aromatic N) is 8. The first-order chi connectivity index (χ1) is 54.2. The third-order valence-corrected chi connectivity index (χ3v) is 22.2. The van der Waals surface area contributed by atoms with Crippen molar-refractivity contribution in [2.24, 2.45) is 0 Å². The normalized spacial score (nSPS) is 13.6. The first-order valence-corrected chi connectivity index (χ1v) is 38.0. The van der Waals surface area contributed by atoms with Crippen LogP contribution in [-0.2, 0) is 53.0 Å². The molecule has 6 aliphatic rings. The zero-order valence-electron chi connectivity index (χ0n) is 63.3. The topological polar surface area (TPSA) is 63.7 Å². The Hall–Kier alpha value is -11.9. The van der Waals surface area contributed by atoms with Gasteiger partial charge in [0.15, 0.2) is 0 Å². The molecule has 0 saturated heterocycles. The number of fused-ring (bicyclic) bond motifs is 10. The summed E-state index contributed by atoms with van der Waals surface area (Å²) in [5, 5.41) is 0. The maximum Gasteiger partial charge on any atom is 0.210 e. The van der Waals surface area contributed by atoms with Gasteiger partial charge in [0.05, 0.1) is 0 Å². The van der Waals surface area contributed by atoms with Crippen molar-refractivity contribution in [3.8, 4) is 67.8 Å². The van der Waals surface area contributed by atoms with E-state index in [9.17, 15) is 0 Å². The third kappa shape index (κ3) is 12.6. The van der Waals surface area contributed by atoms with Crippen LogP contribution in [0.4, 0.5) is 73.9 Å². The molecule has 554 valence electrons. The van der Waals surface area contributed by atoms with E-state index in [1.165, 1.54) is 11.1 Å². The Kier molecular flexibility index (Phi) is 18.6. The van der Waals surface area contributed by atoms with Gasteiger partial charge >= 0.3 is 0 Å². The Bertz CT molecular complexity index is 6120. The molecular weight excluding hydrogens is 1740 g/mol. The minimum absolute atomic E-state index is 0. The van der Waals surface area contributed by atoms with E-state index >= 15 is 0 Å². The minimum atomic E-state index is -0.215. The summed E-state index contributed by atoms with van der Waals surface area (Å²) in [5.74, 6) is 3.30. The second kappa shape index (κ2) is 29.0. The summed E-state index contributed by atoms with van der Waals surface area (Å²) < 4.78 is 13.5. The fraction of sp³-hybridized carbons (Fsp3) is 0.0909. The second-order valence-corrected chi connectivity index (χ2v) is 31.1. The standard InChI is InChI=1S/C58H42BN4O.C41H32BN4O.2Pt/c1-58(2,3)42-33-34-60-49(36-42)41-29-32-54-48(35-41)59-47-37-44(30-31-50(47)63(43-21-11-6-12-22-43)53-27-16-28-55(64-54)56(53)59)61-38-62(52-26-14-13-25-51(52)61)57-45(39-17-7-4-8-18-39)23-15-24-46(57)40-19-9-5-10-20-40;1-41(2,3)28-21-22-43-33(24-28)27-17-20-38-32(23-27)42-31-25-30(45-26-44(4)35-13-8-9-14-36(35)45)18-19-34(31)46(29-11-6-5-7-12-29)37-15-10-16-39(47-38)40(37)42;;/h4-34,36,38H,1-3H3;5-22,24,26H,1-4H3;;/q2*-3;;. The van der Waals surface area contributed by atoms with Crippen molar-refractivity contribution in [2.45, 2.75) is 52.4 Å². The molecule has 113 heavy (non-hydrogen) atoms. The van der Waals surface area contributed by atoms with Crippen molar-refractivity contribution in [3.05, 3.63) is 358 Å². The Morgan fingerprint density at radius 2 is 0.726 bits per heavy atom. The van der Waals surface area contributed by atoms with Gasteiger partial charge in [-0.25, -0.2) is 0 Å². The molecule has 14 heteroatoms.